The van der Waals surface area contributed by atoms with Gasteiger partial charge in [0.25, 0.3) is 0 Å². The predicted octanol–water partition coefficient (Wildman–Crippen LogP) is 2.20. The molecular weight excluding hydrogens is 296 g/mol. The van der Waals surface area contributed by atoms with E-state index in [1.807, 2.05) is 6.92 Å². The number of urea groups is 1. The summed E-state index contributed by atoms with van der Waals surface area (Å²) < 4.78 is 10.9. The van der Waals surface area contributed by atoms with Crippen molar-refractivity contribution >= 4 is 6.03 Å². The Morgan fingerprint density at radius 3 is 3.00 bits per heavy atom. The van der Waals surface area contributed by atoms with Gasteiger partial charge in [0.05, 0.1) is 12.4 Å². The number of aliphatic hydroxyl groups is 1. The molecule has 0 radical (unpaired) electrons. The van der Waals surface area contributed by atoms with Crippen molar-refractivity contribution < 1.29 is 19.1 Å². The molecule has 2 amide bonds. The van der Waals surface area contributed by atoms with Gasteiger partial charge in [0.2, 0.25) is 0 Å². The Balaban J connectivity index is 1.47. The molecule has 1 aliphatic carbocycles. The van der Waals surface area contributed by atoms with E-state index in [9.17, 15) is 9.90 Å². The Labute approximate surface area is 136 Å². The second-order valence-corrected chi connectivity index (χ2v) is 7.33. The number of ether oxygens (including phenoxy) is 1. The Morgan fingerprint density at radius 2 is 2.30 bits per heavy atom. The van der Waals surface area contributed by atoms with Crippen LogP contribution in [0.15, 0.2) is 22.8 Å². The van der Waals surface area contributed by atoms with E-state index in [-0.39, 0.29) is 29.6 Å². The number of carbonyl (C=O) groups is 1. The summed E-state index contributed by atoms with van der Waals surface area (Å²) in [4.78, 5) is 12.2. The first kappa shape index (κ1) is 16.3. The molecule has 2 fully saturated rings. The second-order valence-electron chi connectivity index (χ2n) is 7.33. The summed E-state index contributed by atoms with van der Waals surface area (Å²) in [5.41, 5.74) is -0.0323. The lowest BCUT2D eigenvalue weighted by Crippen LogP contribution is -2.68. The van der Waals surface area contributed by atoms with Crippen molar-refractivity contribution in [2.24, 2.45) is 11.3 Å². The standard InChI is InChI=1S/C17H26N2O4/c1-10(9-12(20)13-5-4-7-22-13)18-16(21)19-14-11-6-8-23-15(11)17(14,2)3/h4-5,7,10-12,14-15,20H,6,8-9H2,1-3H3,(H2,18,19,21). The molecule has 0 bridgehead atoms. The molecule has 3 rings (SSSR count). The molecule has 0 aromatic carbocycles. The topological polar surface area (TPSA) is 83.7 Å². The summed E-state index contributed by atoms with van der Waals surface area (Å²) in [7, 11) is 0. The van der Waals surface area contributed by atoms with Crippen LogP contribution in [0.25, 0.3) is 0 Å². The lowest BCUT2D eigenvalue weighted by atomic mass is 9.57. The number of fused-ring (bicyclic) bond motifs is 1. The maximum atomic E-state index is 12.2. The number of rotatable bonds is 5. The summed E-state index contributed by atoms with van der Waals surface area (Å²) >= 11 is 0. The van der Waals surface area contributed by atoms with Gasteiger partial charge < -0.3 is 24.9 Å². The van der Waals surface area contributed by atoms with Gasteiger partial charge in [0.1, 0.15) is 11.9 Å². The average molecular weight is 322 g/mol. The van der Waals surface area contributed by atoms with Gasteiger partial charge in [-0.2, -0.15) is 0 Å². The molecule has 1 aromatic heterocycles. The molecule has 6 nitrogen and oxygen atoms in total. The van der Waals surface area contributed by atoms with E-state index in [1.165, 1.54) is 6.26 Å². The summed E-state index contributed by atoms with van der Waals surface area (Å²) in [5, 5.41) is 16.0. The molecule has 3 N–H and O–H groups in total. The van der Waals surface area contributed by atoms with Crippen molar-refractivity contribution in [3.63, 3.8) is 0 Å². The number of furan rings is 1. The second kappa shape index (κ2) is 6.17. The van der Waals surface area contributed by atoms with Gasteiger partial charge in [0, 0.05) is 36.4 Å². The zero-order chi connectivity index (χ0) is 16.6. The number of nitrogens with one attached hydrogen (secondary N) is 2. The molecular formula is C17H26N2O4. The van der Waals surface area contributed by atoms with Gasteiger partial charge >= 0.3 is 6.03 Å². The van der Waals surface area contributed by atoms with Gasteiger partial charge in [-0.15, -0.1) is 0 Å². The van der Waals surface area contributed by atoms with Gasteiger partial charge in [-0.05, 0) is 25.5 Å². The molecule has 128 valence electrons. The van der Waals surface area contributed by atoms with E-state index in [4.69, 9.17) is 9.15 Å². The smallest absolute Gasteiger partial charge is 0.315 e. The first-order chi connectivity index (χ1) is 10.9. The minimum absolute atomic E-state index is 0.0323. The SMILES string of the molecule is CC(CC(O)c1ccco1)NC(=O)NC1C2CCOC2C1(C)C. The number of amides is 2. The largest absolute Gasteiger partial charge is 0.467 e. The first-order valence-corrected chi connectivity index (χ1v) is 8.29. The Hall–Kier alpha value is -1.53. The highest BCUT2D eigenvalue weighted by Gasteiger charge is 2.59. The summed E-state index contributed by atoms with van der Waals surface area (Å²) in [6.07, 6.45) is 2.48. The molecule has 1 aromatic rings. The molecule has 0 spiro atoms. The highest BCUT2D eigenvalue weighted by molar-refractivity contribution is 5.75. The quantitative estimate of drug-likeness (QED) is 0.776. The minimum Gasteiger partial charge on any atom is -0.467 e. The summed E-state index contributed by atoms with van der Waals surface area (Å²) in [5.74, 6) is 0.935. The fourth-order valence-electron chi connectivity index (χ4n) is 4.01. The third kappa shape index (κ3) is 3.10. The molecule has 23 heavy (non-hydrogen) atoms. The van der Waals surface area contributed by atoms with Crippen molar-refractivity contribution in [1.82, 2.24) is 10.6 Å². The fourth-order valence-corrected chi connectivity index (χ4v) is 4.01. The highest BCUT2D eigenvalue weighted by atomic mass is 16.5. The average Bonchev–Trinajstić information content (AvgIpc) is 3.15. The first-order valence-electron chi connectivity index (χ1n) is 8.29. The Morgan fingerprint density at radius 1 is 1.52 bits per heavy atom. The molecule has 5 atom stereocenters. The molecule has 6 heteroatoms. The van der Waals surface area contributed by atoms with Crippen LogP contribution in [0.2, 0.25) is 0 Å². The van der Waals surface area contributed by atoms with Crippen molar-refractivity contribution in [3.05, 3.63) is 24.2 Å². The summed E-state index contributed by atoms with van der Waals surface area (Å²) in [6.45, 7) is 6.92. The maximum Gasteiger partial charge on any atom is 0.315 e. The van der Waals surface area contributed by atoms with Crippen LogP contribution in [0.1, 0.15) is 45.5 Å². The third-order valence-corrected chi connectivity index (χ3v) is 5.21. The lowest BCUT2D eigenvalue weighted by Gasteiger charge is -2.54. The van der Waals surface area contributed by atoms with E-state index in [1.54, 1.807) is 12.1 Å². The third-order valence-electron chi connectivity index (χ3n) is 5.21. The van der Waals surface area contributed by atoms with Crippen LogP contribution < -0.4 is 10.6 Å². The van der Waals surface area contributed by atoms with E-state index in [0.29, 0.717) is 18.1 Å². The number of carbonyl (C=O) groups excluding carboxylic acids is 1. The fraction of sp³-hybridized carbons (Fsp3) is 0.706. The van der Waals surface area contributed by atoms with Crippen LogP contribution in [0, 0.1) is 11.3 Å². The normalized spacial score (nSPS) is 30.9. The van der Waals surface area contributed by atoms with Crippen molar-refractivity contribution in [3.8, 4) is 0 Å². The van der Waals surface area contributed by atoms with Crippen LogP contribution in [-0.4, -0.2) is 35.9 Å². The molecule has 5 unspecified atom stereocenters. The van der Waals surface area contributed by atoms with E-state index < -0.39 is 6.10 Å². The van der Waals surface area contributed by atoms with Gasteiger partial charge in [-0.1, -0.05) is 13.8 Å². The zero-order valence-corrected chi connectivity index (χ0v) is 13.9. The van der Waals surface area contributed by atoms with Gasteiger partial charge in [0.15, 0.2) is 0 Å². The van der Waals surface area contributed by atoms with Crippen LogP contribution in [-0.2, 0) is 4.74 Å². The van der Waals surface area contributed by atoms with Crippen LogP contribution >= 0.6 is 0 Å². The van der Waals surface area contributed by atoms with Crippen LogP contribution in [0.4, 0.5) is 4.79 Å². The van der Waals surface area contributed by atoms with Crippen molar-refractivity contribution in [2.45, 2.75) is 57.9 Å². The monoisotopic (exact) mass is 322 g/mol. The van der Waals surface area contributed by atoms with E-state index in [0.717, 1.165) is 13.0 Å². The van der Waals surface area contributed by atoms with Crippen molar-refractivity contribution in [2.75, 3.05) is 6.61 Å². The highest BCUT2D eigenvalue weighted by Crippen LogP contribution is 2.52. The van der Waals surface area contributed by atoms with E-state index >= 15 is 0 Å². The van der Waals surface area contributed by atoms with Crippen LogP contribution in [0.5, 0.6) is 0 Å². The zero-order valence-electron chi connectivity index (χ0n) is 13.9. The molecule has 1 saturated carbocycles. The molecule has 2 heterocycles. The minimum atomic E-state index is -0.715. The van der Waals surface area contributed by atoms with Gasteiger partial charge in [-0.25, -0.2) is 4.79 Å². The van der Waals surface area contributed by atoms with E-state index in [2.05, 4.69) is 24.5 Å². The Bertz CT molecular complexity index is 543. The maximum absolute atomic E-state index is 12.2. The molecule has 1 saturated heterocycles. The molecule has 1 aliphatic heterocycles. The van der Waals surface area contributed by atoms with Crippen molar-refractivity contribution in [1.29, 1.82) is 0 Å². The number of hydrogen-bond donors (Lipinski definition) is 3. The summed E-state index contributed by atoms with van der Waals surface area (Å²) in [6, 6.07) is 3.26. The predicted molar refractivity (Wildman–Crippen MR) is 84.8 cm³/mol. The van der Waals surface area contributed by atoms with Gasteiger partial charge in [-0.3, -0.25) is 0 Å². The number of aliphatic hydroxyl groups excluding tert-OH is 1. The van der Waals surface area contributed by atoms with Crippen LogP contribution in [0.3, 0.4) is 0 Å². The Kier molecular flexibility index (Phi) is 4.38. The lowest BCUT2D eigenvalue weighted by molar-refractivity contribution is -0.108. The number of hydrogen-bond acceptors (Lipinski definition) is 4. The molecule has 2 aliphatic rings.